The van der Waals surface area contributed by atoms with Crippen LogP contribution in [0.3, 0.4) is 0 Å². The molecule has 0 radical (unpaired) electrons. The zero-order valence-electron chi connectivity index (χ0n) is 10.8. The first-order chi connectivity index (χ1) is 7.77. The second-order valence-corrected chi connectivity index (χ2v) is 6.63. The van der Waals surface area contributed by atoms with Gasteiger partial charge in [-0.15, -0.1) is 0 Å². The molecule has 2 nitrogen and oxygen atoms in total. The highest BCUT2D eigenvalue weighted by Crippen LogP contribution is 2.22. The summed E-state index contributed by atoms with van der Waals surface area (Å²) in [5, 5.41) is 3.99. The molecule has 16 heavy (non-hydrogen) atoms. The highest BCUT2D eigenvalue weighted by atomic mass is 32.2. The molecule has 0 aromatic rings. The maximum atomic E-state index is 12.2. The third-order valence-corrected chi connectivity index (χ3v) is 5.41. The Kier molecular flexibility index (Phi) is 7.30. The second kappa shape index (κ2) is 8.24. The Bertz CT molecular complexity index is 202. The van der Waals surface area contributed by atoms with Gasteiger partial charge < -0.3 is 5.32 Å². The van der Waals surface area contributed by atoms with E-state index in [4.69, 9.17) is 0 Å². The number of nitrogens with one attached hydrogen (secondary N) is 1. The van der Waals surface area contributed by atoms with Crippen LogP contribution >= 0.6 is 0 Å². The third kappa shape index (κ3) is 4.96. The molecule has 2 atom stereocenters. The van der Waals surface area contributed by atoms with Crippen LogP contribution in [0.5, 0.6) is 0 Å². The van der Waals surface area contributed by atoms with Gasteiger partial charge in [-0.05, 0) is 32.2 Å². The Balaban J connectivity index is 2.29. The van der Waals surface area contributed by atoms with E-state index in [0.717, 1.165) is 25.1 Å². The molecule has 1 aliphatic carbocycles. The van der Waals surface area contributed by atoms with Crippen molar-refractivity contribution in [2.24, 2.45) is 0 Å². The molecule has 96 valence electrons. The van der Waals surface area contributed by atoms with Crippen LogP contribution in [0.25, 0.3) is 0 Å². The minimum atomic E-state index is -0.602. The largest absolute Gasteiger partial charge is 0.313 e. The van der Waals surface area contributed by atoms with Crippen molar-refractivity contribution in [1.29, 1.82) is 0 Å². The van der Waals surface area contributed by atoms with Gasteiger partial charge in [-0.1, -0.05) is 33.1 Å². The summed E-state index contributed by atoms with van der Waals surface area (Å²) < 4.78 is 12.2. The Labute approximate surface area is 103 Å². The normalized spacial score (nSPS) is 21.9. The van der Waals surface area contributed by atoms with Crippen LogP contribution in [0, 0.1) is 0 Å². The predicted octanol–water partition coefficient (Wildman–Crippen LogP) is 2.85. The van der Waals surface area contributed by atoms with E-state index in [9.17, 15) is 4.21 Å². The van der Waals surface area contributed by atoms with Crippen molar-refractivity contribution in [3.8, 4) is 0 Å². The molecular weight excluding hydrogens is 218 g/mol. The summed E-state index contributed by atoms with van der Waals surface area (Å²) in [5.41, 5.74) is 0. The quantitative estimate of drug-likeness (QED) is 0.747. The molecule has 1 fully saturated rings. The fourth-order valence-corrected chi connectivity index (χ4v) is 4.21. The first kappa shape index (κ1) is 14.2. The molecule has 1 aliphatic rings. The Morgan fingerprint density at radius 1 is 1.25 bits per heavy atom. The van der Waals surface area contributed by atoms with Gasteiger partial charge in [0.25, 0.3) is 0 Å². The van der Waals surface area contributed by atoms with Gasteiger partial charge in [-0.3, -0.25) is 4.21 Å². The molecule has 0 aliphatic heterocycles. The summed E-state index contributed by atoms with van der Waals surface area (Å²) in [5.74, 6) is 0.862. The zero-order chi connectivity index (χ0) is 11.8. The zero-order valence-corrected chi connectivity index (χ0v) is 11.7. The van der Waals surface area contributed by atoms with E-state index < -0.39 is 10.8 Å². The SMILES string of the molecule is CCCNC(CC)CS(=O)C1CCCCC1. The van der Waals surface area contributed by atoms with Gasteiger partial charge in [0, 0.05) is 27.8 Å². The lowest BCUT2D eigenvalue weighted by Crippen LogP contribution is -2.36. The lowest BCUT2D eigenvalue weighted by molar-refractivity contribution is 0.495. The number of hydrogen-bond donors (Lipinski definition) is 1. The monoisotopic (exact) mass is 245 g/mol. The fourth-order valence-electron chi connectivity index (χ4n) is 2.33. The summed E-state index contributed by atoms with van der Waals surface area (Å²) in [6, 6.07) is 0.461. The Hall–Kier alpha value is 0.110. The van der Waals surface area contributed by atoms with Crippen molar-refractivity contribution in [2.45, 2.75) is 70.1 Å². The third-order valence-electron chi connectivity index (χ3n) is 3.47. The molecule has 0 saturated heterocycles. The molecular formula is C13H27NOS. The van der Waals surface area contributed by atoms with Crippen LogP contribution in [0.1, 0.15) is 58.8 Å². The van der Waals surface area contributed by atoms with Crippen LogP contribution in [-0.4, -0.2) is 27.8 Å². The topological polar surface area (TPSA) is 29.1 Å². The fraction of sp³-hybridized carbons (Fsp3) is 1.00. The van der Waals surface area contributed by atoms with Crippen molar-refractivity contribution in [3.63, 3.8) is 0 Å². The smallest absolute Gasteiger partial charge is 0.0391 e. The minimum Gasteiger partial charge on any atom is -0.313 e. The maximum absolute atomic E-state index is 12.2. The number of hydrogen-bond acceptors (Lipinski definition) is 2. The van der Waals surface area contributed by atoms with Gasteiger partial charge >= 0.3 is 0 Å². The first-order valence-corrected chi connectivity index (χ1v) is 8.26. The average molecular weight is 245 g/mol. The van der Waals surface area contributed by atoms with E-state index in [2.05, 4.69) is 19.2 Å². The van der Waals surface area contributed by atoms with Gasteiger partial charge in [-0.25, -0.2) is 0 Å². The highest BCUT2D eigenvalue weighted by Gasteiger charge is 2.21. The van der Waals surface area contributed by atoms with Crippen LogP contribution in [-0.2, 0) is 10.8 Å². The second-order valence-electron chi connectivity index (χ2n) is 4.87. The molecule has 0 amide bonds. The minimum absolute atomic E-state index is 0.461. The van der Waals surface area contributed by atoms with Crippen molar-refractivity contribution >= 4 is 10.8 Å². The lowest BCUT2D eigenvalue weighted by atomic mass is 10.0. The van der Waals surface area contributed by atoms with Crippen LogP contribution in [0.15, 0.2) is 0 Å². The molecule has 0 heterocycles. The summed E-state index contributed by atoms with van der Waals surface area (Å²) in [7, 11) is -0.602. The summed E-state index contributed by atoms with van der Waals surface area (Å²) >= 11 is 0. The predicted molar refractivity (Wildman–Crippen MR) is 72.3 cm³/mol. The van der Waals surface area contributed by atoms with Gasteiger partial charge in [0.1, 0.15) is 0 Å². The number of rotatable bonds is 7. The summed E-state index contributed by atoms with van der Waals surface area (Å²) in [6.07, 6.45) is 8.56. The molecule has 0 aromatic heterocycles. The Morgan fingerprint density at radius 3 is 2.50 bits per heavy atom. The summed E-state index contributed by atoms with van der Waals surface area (Å²) in [6.45, 7) is 5.42. The van der Waals surface area contributed by atoms with Gasteiger partial charge in [0.2, 0.25) is 0 Å². The van der Waals surface area contributed by atoms with Gasteiger partial charge in [0.15, 0.2) is 0 Å². The molecule has 1 saturated carbocycles. The van der Waals surface area contributed by atoms with E-state index in [-0.39, 0.29) is 0 Å². The van der Waals surface area contributed by atoms with E-state index in [1.54, 1.807) is 0 Å². The van der Waals surface area contributed by atoms with Crippen LogP contribution in [0.4, 0.5) is 0 Å². The van der Waals surface area contributed by atoms with E-state index >= 15 is 0 Å². The Morgan fingerprint density at radius 2 is 1.94 bits per heavy atom. The summed E-state index contributed by atoms with van der Waals surface area (Å²) in [4.78, 5) is 0. The standard InChI is InChI=1S/C13H27NOS/c1-3-10-14-12(4-2)11-16(15)13-8-6-5-7-9-13/h12-14H,3-11H2,1-2H3. The first-order valence-electron chi connectivity index (χ1n) is 6.88. The van der Waals surface area contributed by atoms with Gasteiger partial charge in [-0.2, -0.15) is 0 Å². The van der Waals surface area contributed by atoms with E-state index in [1.807, 2.05) is 0 Å². The molecule has 0 aromatic carbocycles. The molecule has 0 spiro atoms. The van der Waals surface area contributed by atoms with Crippen molar-refractivity contribution in [3.05, 3.63) is 0 Å². The molecule has 0 bridgehead atoms. The maximum Gasteiger partial charge on any atom is 0.0391 e. The van der Waals surface area contributed by atoms with Crippen LogP contribution in [0.2, 0.25) is 0 Å². The van der Waals surface area contributed by atoms with Crippen molar-refractivity contribution < 1.29 is 4.21 Å². The van der Waals surface area contributed by atoms with Crippen molar-refractivity contribution in [1.82, 2.24) is 5.32 Å². The molecule has 1 rings (SSSR count). The van der Waals surface area contributed by atoms with E-state index in [0.29, 0.717) is 11.3 Å². The van der Waals surface area contributed by atoms with E-state index in [1.165, 1.54) is 32.1 Å². The van der Waals surface area contributed by atoms with Crippen LogP contribution < -0.4 is 5.32 Å². The van der Waals surface area contributed by atoms with Gasteiger partial charge in [0.05, 0.1) is 0 Å². The highest BCUT2D eigenvalue weighted by molar-refractivity contribution is 7.85. The van der Waals surface area contributed by atoms with Crippen molar-refractivity contribution in [2.75, 3.05) is 12.3 Å². The average Bonchev–Trinajstić information content (AvgIpc) is 2.35. The molecule has 3 heteroatoms. The lowest BCUT2D eigenvalue weighted by Gasteiger charge is -2.24. The molecule has 1 N–H and O–H groups in total. The molecule has 2 unspecified atom stereocenters.